The molecule has 0 spiro atoms. The van der Waals surface area contributed by atoms with Crippen molar-refractivity contribution >= 4 is 17.8 Å². The zero-order valence-electron chi connectivity index (χ0n) is 11.8. The third kappa shape index (κ3) is 3.59. The summed E-state index contributed by atoms with van der Waals surface area (Å²) in [7, 11) is 0. The molecule has 0 bridgehead atoms. The van der Waals surface area contributed by atoms with Gasteiger partial charge in [-0.2, -0.15) is 0 Å². The topological polar surface area (TPSA) is 83.9 Å². The van der Waals surface area contributed by atoms with Crippen molar-refractivity contribution in [2.45, 2.75) is 32.9 Å². The van der Waals surface area contributed by atoms with Gasteiger partial charge >= 0.3 is 11.9 Å². The number of esters is 1. The fourth-order valence-corrected chi connectivity index (χ4v) is 2.30. The van der Waals surface area contributed by atoms with Crippen LogP contribution in [0.2, 0.25) is 0 Å². The average Bonchev–Trinajstić information content (AvgIpc) is 2.87. The molecular weight excluding hydrogens is 274 g/mol. The van der Waals surface area contributed by atoms with E-state index in [0.29, 0.717) is 19.7 Å². The summed E-state index contributed by atoms with van der Waals surface area (Å²) in [4.78, 5) is 35.8. The van der Waals surface area contributed by atoms with Crippen LogP contribution in [0.5, 0.6) is 0 Å². The number of benzene rings is 1. The summed E-state index contributed by atoms with van der Waals surface area (Å²) in [5.41, 5.74) is 2.01. The maximum Gasteiger partial charge on any atom is 0.335 e. The number of fused-ring (bicyclic) bond motifs is 1. The van der Waals surface area contributed by atoms with Crippen molar-refractivity contribution < 1.29 is 24.2 Å². The third-order valence-electron chi connectivity index (χ3n) is 3.38. The molecule has 0 saturated carbocycles. The van der Waals surface area contributed by atoms with Crippen molar-refractivity contribution in [1.29, 1.82) is 0 Å². The lowest BCUT2D eigenvalue weighted by Crippen LogP contribution is -2.25. The Bertz CT molecular complexity index is 581. The van der Waals surface area contributed by atoms with E-state index in [0.717, 1.165) is 11.1 Å². The van der Waals surface area contributed by atoms with Crippen LogP contribution in [-0.4, -0.2) is 34.5 Å². The molecule has 0 aliphatic carbocycles. The second kappa shape index (κ2) is 6.39. The highest BCUT2D eigenvalue weighted by molar-refractivity contribution is 5.88. The van der Waals surface area contributed by atoms with Crippen molar-refractivity contribution in [3.63, 3.8) is 0 Å². The van der Waals surface area contributed by atoms with E-state index in [4.69, 9.17) is 9.84 Å². The number of carboxylic acid groups (broad SMARTS) is 1. The van der Waals surface area contributed by atoms with Crippen LogP contribution in [0.1, 0.15) is 41.3 Å². The number of rotatable bonds is 5. The predicted octanol–water partition coefficient (Wildman–Crippen LogP) is 1.57. The summed E-state index contributed by atoms with van der Waals surface area (Å²) < 4.78 is 4.78. The zero-order chi connectivity index (χ0) is 15.4. The molecule has 1 heterocycles. The summed E-state index contributed by atoms with van der Waals surface area (Å²) in [5.74, 6) is -1.49. The molecule has 0 radical (unpaired) electrons. The fourth-order valence-electron chi connectivity index (χ4n) is 2.30. The Hall–Kier alpha value is -2.37. The Morgan fingerprint density at radius 3 is 2.57 bits per heavy atom. The Labute approximate surface area is 122 Å². The molecule has 112 valence electrons. The predicted molar refractivity (Wildman–Crippen MR) is 73.5 cm³/mol. The smallest absolute Gasteiger partial charge is 0.335 e. The average molecular weight is 291 g/mol. The minimum Gasteiger partial charge on any atom is -0.478 e. The number of carbonyl (C=O) groups excluding carboxylic acids is 2. The molecule has 1 aromatic carbocycles. The molecule has 2 rings (SSSR count). The first-order valence-corrected chi connectivity index (χ1v) is 6.79. The maximum absolute atomic E-state index is 12.0. The highest BCUT2D eigenvalue weighted by Crippen LogP contribution is 2.24. The summed E-state index contributed by atoms with van der Waals surface area (Å²) in [5, 5.41) is 8.96. The van der Waals surface area contributed by atoms with Gasteiger partial charge in [-0.3, -0.25) is 9.59 Å². The third-order valence-corrected chi connectivity index (χ3v) is 3.38. The molecule has 6 nitrogen and oxygen atoms in total. The largest absolute Gasteiger partial charge is 0.478 e. The minimum atomic E-state index is -0.982. The number of ether oxygens (including phenoxy) is 1. The lowest BCUT2D eigenvalue weighted by molar-refractivity contribution is -0.145. The van der Waals surface area contributed by atoms with Gasteiger partial charge in [-0.15, -0.1) is 0 Å². The molecule has 6 heteroatoms. The van der Waals surface area contributed by atoms with Crippen LogP contribution >= 0.6 is 0 Å². The van der Waals surface area contributed by atoms with Crippen LogP contribution < -0.4 is 0 Å². The molecule has 0 unspecified atom stereocenters. The molecule has 1 aliphatic rings. The van der Waals surface area contributed by atoms with Crippen molar-refractivity contribution in [2.75, 3.05) is 6.61 Å². The van der Waals surface area contributed by atoms with Gasteiger partial charge in [0.25, 0.3) is 0 Å². The highest BCUT2D eigenvalue weighted by atomic mass is 16.5. The van der Waals surface area contributed by atoms with E-state index >= 15 is 0 Å². The van der Waals surface area contributed by atoms with Crippen molar-refractivity contribution in [2.24, 2.45) is 0 Å². The van der Waals surface area contributed by atoms with Crippen LogP contribution in [0.15, 0.2) is 18.2 Å². The van der Waals surface area contributed by atoms with Crippen molar-refractivity contribution in [3.05, 3.63) is 34.9 Å². The van der Waals surface area contributed by atoms with E-state index in [-0.39, 0.29) is 30.3 Å². The Kier molecular flexibility index (Phi) is 4.57. The summed E-state index contributed by atoms with van der Waals surface area (Å²) in [6.07, 6.45) is 0.179. The molecule has 0 saturated heterocycles. The van der Waals surface area contributed by atoms with Crippen LogP contribution in [0.25, 0.3) is 0 Å². The van der Waals surface area contributed by atoms with Gasteiger partial charge < -0.3 is 14.7 Å². The summed E-state index contributed by atoms with van der Waals surface area (Å²) >= 11 is 0. The quantitative estimate of drug-likeness (QED) is 0.832. The second-order valence-electron chi connectivity index (χ2n) is 4.84. The molecular formula is C15H17NO5. The molecule has 1 aromatic rings. The van der Waals surface area contributed by atoms with Gasteiger partial charge in [-0.25, -0.2) is 4.79 Å². The molecule has 0 fully saturated rings. The van der Waals surface area contributed by atoms with Gasteiger partial charge in [0, 0.05) is 19.5 Å². The standard InChI is InChI=1S/C15H17NO5/c1-2-21-14(18)6-5-13(17)16-8-11-4-3-10(15(19)20)7-12(11)9-16/h3-4,7H,2,5-6,8-9H2,1H3,(H,19,20). The van der Waals surface area contributed by atoms with Crippen LogP contribution in [0.3, 0.4) is 0 Å². The number of nitrogens with zero attached hydrogens (tertiary/aromatic N) is 1. The number of carbonyl (C=O) groups is 3. The van der Waals surface area contributed by atoms with Gasteiger partial charge in [0.1, 0.15) is 0 Å². The number of aromatic carboxylic acids is 1. The normalized spacial score (nSPS) is 12.9. The Morgan fingerprint density at radius 1 is 1.19 bits per heavy atom. The van der Waals surface area contributed by atoms with Gasteiger partial charge in [0.15, 0.2) is 0 Å². The van der Waals surface area contributed by atoms with Crippen molar-refractivity contribution in [3.8, 4) is 0 Å². The van der Waals surface area contributed by atoms with E-state index in [1.807, 2.05) is 0 Å². The Balaban J connectivity index is 1.94. The lowest BCUT2D eigenvalue weighted by atomic mass is 10.1. The second-order valence-corrected chi connectivity index (χ2v) is 4.84. The molecule has 1 amide bonds. The molecule has 1 aliphatic heterocycles. The van der Waals surface area contributed by atoms with E-state index < -0.39 is 5.97 Å². The molecule has 1 N–H and O–H groups in total. The van der Waals surface area contributed by atoms with E-state index in [1.54, 1.807) is 24.0 Å². The Morgan fingerprint density at radius 2 is 1.90 bits per heavy atom. The monoisotopic (exact) mass is 291 g/mol. The fraction of sp³-hybridized carbons (Fsp3) is 0.400. The summed E-state index contributed by atoms with van der Waals surface area (Å²) in [6.45, 7) is 2.87. The van der Waals surface area contributed by atoms with Gasteiger partial charge in [-0.1, -0.05) is 6.07 Å². The number of hydrogen-bond acceptors (Lipinski definition) is 4. The van der Waals surface area contributed by atoms with Crippen molar-refractivity contribution in [1.82, 2.24) is 4.90 Å². The van der Waals surface area contributed by atoms with Gasteiger partial charge in [0.2, 0.25) is 5.91 Å². The highest BCUT2D eigenvalue weighted by Gasteiger charge is 2.24. The molecule has 0 atom stereocenters. The van der Waals surface area contributed by atoms with E-state index in [2.05, 4.69) is 0 Å². The minimum absolute atomic E-state index is 0.0693. The van der Waals surface area contributed by atoms with Gasteiger partial charge in [-0.05, 0) is 30.2 Å². The van der Waals surface area contributed by atoms with Crippen LogP contribution in [-0.2, 0) is 27.4 Å². The molecule has 21 heavy (non-hydrogen) atoms. The first kappa shape index (κ1) is 15.0. The van der Waals surface area contributed by atoms with E-state index in [1.165, 1.54) is 6.07 Å². The van der Waals surface area contributed by atoms with E-state index in [9.17, 15) is 14.4 Å². The maximum atomic E-state index is 12.0. The SMILES string of the molecule is CCOC(=O)CCC(=O)N1Cc2ccc(C(=O)O)cc2C1. The van der Waals surface area contributed by atoms with Gasteiger partial charge in [0.05, 0.1) is 18.6 Å². The molecule has 0 aromatic heterocycles. The zero-order valence-corrected chi connectivity index (χ0v) is 11.8. The van der Waals surface area contributed by atoms with Crippen LogP contribution in [0, 0.1) is 0 Å². The first-order valence-electron chi connectivity index (χ1n) is 6.79. The first-order chi connectivity index (χ1) is 10.0. The lowest BCUT2D eigenvalue weighted by Gasteiger charge is -2.14. The van der Waals surface area contributed by atoms with Crippen LogP contribution in [0.4, 0.5) is 0 Å². The number of amides is 1. The number of carboxylic acids is 1. The summed E-state index contributed by atoms with van der Waals surface area (Å²) in [6, 6.07) is 4.86. The number of hydrogen-bond donors (Lipinski definition) is 1.